The maximum Gasteiger partial charge on any atom is 0.245 e. The van der Waals surface area contributed by atoms with Crippen LogP contribution in [0, 0.1) is 5.92 Å². The van der Waals surface area contributed by atoms with Crippen molar-refractivity contribution in [1.82, 2.24) is 25.5 Å². The molecular weight excluding hydrogens is 228 g/mol. The number of rotatable bonds is 3. The van der Waals surface area contributed by atoms with E-state index in [2.05, 4.69) is 46.5 Å². The molecule has 2 heterocycles. The predicted molar refractivity (Wildman–Crippen MR) is 71.5 cm³/mol. The second kappa shape index (κ2) is 5.22. The highest BCUT2D eigenvalue weighted by atomic mass is 15.6. The second-order valence-electron chi connectivity index (χ2n) is 6.16. The average Bonchev–Trinajstić information content (AvgIpc) is 2.73. The summed E-state index contributed by atoms with van der Waals surface area (Å²) in [5, 5.41) is 15.2. The molecule has 0 unspecified atom stereocenters. The fraction of sp³-hybridized carbons (Fsp3) is 0.917. The molecule has 0 bridgehead atoms. The van der Waals surface area contributed by atoms with E-state index in [1.807, 2.05) is 7.05 Å². The fourth-order valence-corrected chi connectivity index (χ4v) is 2.28. The Morgan fingerprint density at radius 3 is 2.44 bits per heavy atom. The Balaban J connectivity index is 1.80. The van der Waals surface area contributed by atoms with Crippen LogP contribution in [-0.2, 0) is 7.05 Å². The van der Waals surface area contributed by atoms with Gasteiger partial charge in [0, 0.05) is 25.7 Å². The van der Waals surface area contributed by atoms with Gasteiger partial charge in [-0.15, -0.1) is 0 Å². The normalized spacial score (nSPS) is 18.3. The zero-order valence-corrected chi connectivity index (χ0v) is 11.8. The van der Waals surface area contributed by atoms with E-state index in [-0.39, 0.29) is 5.54 Å². The first-order valence-electron chi connectivity index (χ1n) is 6.68. The Kier molecular flexibility index (Phi) is 3.85. The van der Waals surface area contributed by atoms with E-state index >= 15 is 0 Å². The first-order chi connectivity index (χ1) is 8.46. The molecule has 102 valence electrons. The zero-order chi connectivity index (χ0) is 13.2. The van der Waals surface area contributed by atoms with Gasteiger partial charge in [-0.2, -0.15) is 0 Å². The molecule has 2 rings (SSSR count). The summed E-state index contributed by atoms with van der Waals surface area (Å²) in [5.41, 5.74) is 0.213. The van der Waals surface area contributed by atoms with E-state index in [9.17, 15) is 0 Å². The molecule has 6 heteroatoms. The summed E-state index contributed by atoms with van der Waals surface area (Å²) in [7, 11) is 1.89. The lowest BCUT2D eigenvalue weighted by Gasteiger charge is -2.33. The summed E-state index contributed by atoms with van der Waals surface area (Å²) in [5.74, 6) is 1.65. The lowest BCUT2D eigenvalue weighted by atomic mass is 9.95. The van der Waals surface area contributed by atoms with E-state index < -0.39 is 0 Å². The molecule has 1 aromatic heterocycles. The van der Waals surface area contributed by atoms with Crippen molar-refractivity contribution in [2.45, 2.75) is 39.2 Å². The maximum atomic E-state index is 4.06. The molecule has 0 aliphatic carbocycles. The van der Waals surface area contributed by atoms with Crippen LogP contribution in [0.2, 0.25) is 0 Å². The lowest BCUT2D eigenvalue weighted by molar-refractivity contribution is 0.327. The average molecular weight is 252 g/mol. The van der Waals surface area contributed by atoms with Crippen molar-refractivity contribution in [2.75, 3.05) is 24.5 Å². The number of aryl methyl sites for hydroxylation is 1. The van der Waals surface area contributed by atoms with Crippen LogP contribution < -0.4 is 10.2 Å². The van der Waals surface area contributed by atoms with Crippen molar-refractivity contribution < 1.29 is 0 Å². The van der Waals surface area contributed by atoms with Gasteiger partial charge in [-0.3, -0.25) is 0 Å². The third-order valence-corrected chi connectivity index (χ3v) is 3.42. The van der Waals surface area contributed by atoms with Gasteiger partial charge in [0.2, 0.25) is 5.95 Å². The number of aromatic nitrogens is 4. The van der Waals surface area contributed by atoms with Crippen LogP contribution in [0.1, 0.15) is 33.6 Å². The monoisotopic (exact) mass is 252 g/mol. The van der Waals surface area contributed by atoms with Crippen LogP contribution in [0.4, 0.5) is 5.95 Å². The number of piperidine rings is 1. The van der Waals surface area contributed by atoms with Crippen molar-refractivity contribution >= 4 is 5.95 Å². The summed E-state index contributed by atoms with van der Waals surface area (Å²) in [6.45, 7) is 9.85. The van der Waals surface area contributed by atoms with Crippen LogP contribution in [0.25, 0.3) is 0 Å². The molecule has 6 nitrogen and oxygen atoms in total. The van der Waals surface area contributed by atoms with E-state index in [0.29, 0.717) is 0 Å². The predicted octanol–water partition coefficient (Wildman–Crippen LogP) is 0.815. The number of tetrazole rings is 1. The lowest BCUT2D eigenvalue weighted by Crippen LogP contribution is -2.43. The Morgan fingerprint density at radius 2 is 1.94 bits per heavy atom. The molecule has 0 saturated carbocycles. The van der Waals surface area contributed by atoms with Gasteiger partial charge in [-0.1, -0.05) is 5.10 Å². The molecule has 1 fully saturated rings. The Bertz CT molecular complexity index is 372. The van der Waals surface area contributed by atoms with Gasteiger partial charge >= 0.3 is 0 Å². The van der Waals surface area contributed by atoms with Crippen LogP contribution in [0.15, 0.2) is 0 Å². The van der Waals surface area contributed by atoms with Crippen molar-refractivity contribution in [3.63, 3.8) is 0 Å². The van der Waals surface area contributed by atoms with Crippen LogP contribution in [0.3, 0.4) is 0 Å². The number of anilines is 1. The van der Waals surface area contributed by atoms with E-state index in [1.165, 1.54) is 12.8 Å². The van der Waals surface area contributed by atoms with Gasteiger partial charge in [0.15, 0.2) is 0 Å². The van der Waals surface area contributed by atoms with Crippen molar-refractivity contribution in [2.24, 2.45) is 13.0 Å². The number of nitrogens with one attached hydrogen (secondary N) is 1. The summed E-state index contributed by atoms with van der Waals surface area (Å²) >= 11 is 0. The molecule has 1 N–H and O–H groups in total. The molecule has 1 saturated heterocycles. The molecule has 1 aromatic rings. The highest BCUT2D eigenvalue weighted by Gasteiger charge is 2.23. The van der Waals surface area contributed by atoms with Gasteiger partial charge in [-0.05, 0) is 56.5 Å². The molecule has 0 aromatic carbocycles. The van der Waals surface area contributed by atoms with E-state index in [4.69, 9.17) is 0 Å². The standard InChI is InChI=1S/C12H24N6/c1-12(2,3)13-9-10-5-7-18(8-6-10)11-14-15-16-17(11)4/h10,13H,5-9H2,1-4H3. The third-order valence-electron chi connectivity index (χ3n) is 3.42. The van der Waals surface area contributed by atoms with E-state index in [1.54, 1.807) is 4.68 Å². The summed E-state index contributed by atoms with van der Waals surface area (Å²) in [6.07, 6.45) is 2.41. The molecular formula is C12H24N6. The highest BCUT2D eigenvalue weighted by Crippen LogP contribution is 2.20. The Hall–Kier alpha value is -1.17. The first kappa shape index (κ1) is 13.3. The fourth-order valence-electron chi connectivity index (χ4n) is 2.28. The molecule has 0 amide bonds. The van der Waals surface area contributed by atoms with Gasteiger partial charge in [0.05, 0.1) is 0 Å². The molecule has 18 heavy (non-hydrogen) atoms. The second-order valence-corrected chi connectivity index (χ2v) is 6.16. The van der Waals surface area contributed by atoms with Crippen LogP contribution >= 0.6 is 0 Å². The van der Waals surface area contributed by atoms with E-state index in [0.717, 1.165) is 31.5 Å². The van der Waals surface area contributed by atoms with Crippen molar-refractivity contribution in [3.05, 3.63) is 0 Å². The topological polar surface area (TPSA) is 58.9 Å². The maximum absolute atomic E-state index is 4.06. The Morgan fingerprint density at radius 1 is 1.28 bits per heavy atom. The SMILES string of the molecule is Cn1nnnc1N1CCC(CNC(C)(C)C)CC1. The zero-order valence-electron chi connectivity index (χ0n) is 11.8. The quantitative estimate of drug-likeness (QED) is 0.863. The number of hydrogen-bond donors (Lipinski definition) is 1. The highest BCUT2D eigenvalue weighted by molar-refractivity contribution is 5.28. The first-order valence-corrected chi connectivity index (χ1v) is 6.68. The van der Waals surface area contributed by atoms with Crippen molar-refractivity contribution in [1.29, 1.82) is 0 Å². The number of hydrogen-bond acceptors (Lipinski definition) is 5. The summed E-state index contributed by atoms with van der Waals surface area (Å²) < 4.78 is 1.74. The Labute approximate surface area is 109 Å². The third kappa shape index (κ3) is 3.41. The summed E-state index contributed by atoms with van der Waals surface area (Å²) in [6, 6.07) is 0. The van der Waals surface area contributed by atoms with Gasteiger partial charge in [0.25, 0.3) is 0 Å². The molecule has 0 spiro atoms. The molecule has 0 radical (unpaired) electrons. The van der Waals surface area contributed by atoms with Crippen LogP contribution in [-0.4, -0.2) is 45.4 Å². The minimum Gasteiger partial charge on any atom is -0.340 e. The largest absolute Gasteiger partial charge is 0.340 e. The minimum atomic E-state index is 0.213. The van der Waals surface area contributed by atoms with Gasteiger partial charge in [-0.25, -0.2) is 4.68 Å². The van der Waals surface area contributed by atoms with Crippen molar-refractivity contribution in [3.8, 4) is 0 Å². The van der Waals surface area contributed by atoms with Gasteiger partial charge in [0.1, 0.15) is 0 Å². The molecule has 1 aliphatic rings. The van der Waals surface area contributed by atoms with Gasteiger partial charge < -0.3 is 10.2 Å². The number of nitrogens with zero attached hydrogens (tertiary/aromatic N) is 5. The molecule has 0 atom stereocenters. The van der Waals surface area contributed by atoms with Crippen LogP contribution in [0.5, 0.6) is 0 Å². The summed E-state index contributed by atoms with van der Waals surface area (Å²) in [4.78, 5) is 2.27. The minimum absolute atomic E-state index is 0.213. The molecule has 1 aliphatic heterocycles. The smallest absolute Gasteiger partial charge is 0.245 e.